The highest BCUT2D eigenvalue weighted by Crippen LogP contribution is 2.38. The van der Waals surface area contributed by atoms with E-state index in [0.717, 1.165) is 56.7 Å². The molecule has 0 saturated carbocycles. The van der Waals surface area contributed by atoms with Gasteiger partial charge in [0.25, 0.3) is 0 Å². The van der Waals surface area contributed by atoms with E-state index in [1.807, 2.05) is 76.2 Å². The summed E-state index contributed by atoms with van der Waals surface area (Å²) in [6.07, 6.45) is 0. The Bertz CT molecular complexity index is 2080. The van der Waals surface area contributed by atoms with Gasteiger partial charge < -0.3 is 42.3 Å². The molecule has 0 bridgehead atoms. The summed E-state index contributed by atoms with van der Waals surface area (Å²) in [6.45, 7) is 41.5. The van der Waals surface area contributed by atoms with Crippen LogP contribution in [0.25, 0.3) is 11.1 Å². The second-order valence-corrected chi connectivity index (χ2v) is 16.7. The van der Waals surface area contributed by atoms with Crippen molar-refractivity contribution in [2.45, 2.75) is 128 Å². The average Bonchev–Trinajstić information content (AvgIpc) is 3.35. The lowest BCUT2D eigenvalue weighted by atomic mass is 9.81. The highest BCUT2D eigenvalue weighted by Gasteiger charge is 2.51. The number of rotatable bonds is 4. The third-order valence-corrected chi connectivity index (χ3v) is 9.38. The molecule has 0 aromatic carbocycles. The van der Waals surface area contributed by atoms with Crippen molar-refractivity contribution in [3.63, 3.8) is 0 Å². The van der Waals surface area contributed by atoms with Gasteiger partial charge in [-0.2, -0.15) is 0 Å². The number of aryl methyl sites for hydroxylation is 6. The molecule has 0 unspecified atom stereocenters. The number of hydrogen-bond donors (Lipinski definition) is 6. The molecule has 16 nitrogen and oxygen atoms in total. The molecule has 1 aliphatic rings. The van der Waals surface area contributed by atoms with E-state index in [2.05, 4.69) is 73.5 Å². The van der Waals surface area contributed by atoms with Crippen LogP contribution < -0.4 is 22.9 Å². The number of anilines is 4. The van der Waals surface area contributed by atoms with Gasteiger partial charge in [-0.15, -0.1) is 6.58 Å². The van der Waals surface area contributed by atoms with Crippen molar-refractivity contribution in [3.05, 3.63) is 92.4 Å². The molecule has 62 heavy (non-hydrogen) atoms. The number of nitrogens with zero attached hydrogens (tertiary/aromatic N) is 8. The average molecular weight is 918 g/mol. The Kier molecular flexibility index (Phi) is 23.2. The maximum atomic E-state index is 7.61. The quantitative estimate of drug-likeness (QED) is 0.0827. The zero-order chi connectivity index (χ0) is 48.8. The minimum atomic E-state index is -1.17. The molecule has 0 amide bonds. The maximum absolute atomic E-state index is 7.61. The van der Waals surface area contributed by atoms with Crippen LogP contribution in [0.2, 0.25) is 22.3 Å². The molecule has 0 aliphatic carbocycles. The summed E-state index contributed by atoms with van der Waals surface area (Å²) in [5, 5.41) is 15.9. The van der Waals surface area contributed by atoms with Crippen molar-refractivity contribution in [3.8, 4) is 0 Å². The molecule has 1 aliphatic heterocycles. The first kappa shape index (κ1) is 57.6. The summed E-state index contributed by atoms with van der Waals surface area (Å²) in [5.41, 5.74) is 30.8. The third-order valence-electron chi connectivity index (χ3n) is 8.51. The smallest absolute Gasteiger partial charge is 0.427 e. The minimum absolute atomic E-state index is 0.206. The molecular formula is C41H65B2Cl3N12O4. The van der Waals surface area contributed by atoms with Crippen molar-refractivity contribution in [2.75, 3.05) is 22.9 Å². The van der Waals surface area contributed by atoms with Gasteiger partial charge in [0.1, 0.15) is 29.0 Å². The van der Waals surface area contributed by atoms with Crippen molar-refractivity contribution in [1.82, 2.24) is 39.9 Å². The number of nitrogen functional groups attached to an aromatic ring is 4. The number of nitrogens with two attached hydrogens (primary N) is 4. The van der Waals surface area contributed by atoms with E-state index >= 15 is 0 Å². The standard InChI is InChI=1S/C9H17BO2.C9H15N3.C9H13N3.C8H10ClN3.C5H5Cl2N3.CH5BO2/c1-7(2)10-11-8(3,4)9(5,6)12-10;2*1-5(2)9-8(10)6(3)11-7(4)12-9;1-4(2)7-6(10)8(9)12-5(3)11-7;1-2-9-4(6)3(8)5(7)10-2;1-2(3)4/h1H2,2-6H3;5H,10H2,1-4H3;1,10H2,2-4H3;1,10H2,2-3H3;8H2,1H3;3-4H,1H3. The topological polar surface area (TPSA) is 266 Å². The first-order chi connectivity index (χ1) is 28.2. The Labute approximate surface area is 383 Å². The number of aromatic nitrogens is 8. The van der Waals surface area contributed by atoms with Crippen LogP contribution in [-0.2, 0) is 9.31 Å². The van der Waals surface area contributed by atoms with Crippen LogP contribution in [0.5, 0.6) is 0 Å². The molecule has 4 aromatic heterocycles. The summed E-state index contributed by atoms with van der Waals surface area (Å²) in [5.74, 6) is 3.02. The van der Waals surface area contributed by atoms with E-state index < -0.39 is 7.12 Å². The summed E-state index contributed by atoms with van der Waals surface area (Å²) in [7, 11) is -1.41. The highest BCUT2D eigenvalue weighted by molar-refractivity contribution is 6.54. The molecule has 0 radical (unpaired) electrons. The van der Waals surface area contributed by atoms with Crippen LogP contribution in [0.15, 0.2) is 25.2 Å². The van der Waals surface area contributed by atoms with Crippen molar-refractivity contribution in [2.24, 2.45) is 0 Å². The monoisotopic (exact) mass is 916 g/mol. The molecule has 4 aromatic rings. The predicted octanol–water partition coefficient (Wildman–Crippen LogP) is 8.52. The molecule has 1 saturated heterocycles. The molecule has 5 heterocycles. The van der Waals surface area contributed by atoms with E-state index in [-0.39, 0.29) is 34.3 Å². The second-order valence-electron chi connectivity index (χ2n) is 15.6. The zero-order valence-electron chi connectivity index (χ0n) is 39.1. The van der Waals surface area contributed by atoms with Gasteiger partial charge in [-0.3, -0.25) is 0 Å². The molecule has 0 spiro atoms. The number of allylic oxidation sites excluding steroid dienone is 3. The molecule has 21 heteroatoms. The van der Waals surface area contributed by atoms with Crippen molar-refractivity contribution in [1.29, 1.82) is 0 Å². The van der Waals surface area contributed by atoms with Crippen LogP contribution >= 0.6 is 34.8 Å². The van der Waals surface area contributed by atoms with Gasteiger partial charge in [-0.25, -0.2) is 39.9 Å². The first-order valence-corrected chi connectivity index (χ1v) is 20.4. The van der Waals surface area contributed by atoms with Gasteiger partial charge >= 0.3 is 14.2 Å². The predicted molar refractivity (Wildman–Crippen MR) is 260 cm³/mol. The van der Waals surface area contributed by atoms with Crippen LogP contribution in [0, 0.1) is 41.5 Å². The third kappa shape index (κ3) is 18.5. The lowest BCUT2D eigenvalue weighted by Crippen LogP contribution is -2.41. The Morgan fingerprint density at radius 3 is 1.23 bits per heavy atom. The fraction of sp³-hybridized carbons (Fsp3) is 0.463. The van der Waals surface area contributed by atoms with Crippen LogP contribution in [0.3, 0.4) is 0 Å². The Morgan fingerprint density at radius 1 is 0.581 bits per heavy atom. The summed E-state index contributed by atoms with van der Waals surface area (Å²) in [4.78, 5) is 32.4. The molecule has 10 N–H and O–H groups in total. The molecule has 340 valence electrons. The summed E-state index contributed by atoms with van der Waals surface area (Å²) in [6, 6.07) is 0. The normalized spacial score (nSPS) is 13.0. The van der Waals surface area contributed by atoms with E-state index in [1.165, 1.54) is 6.82 Å². The fourth-order valence-corrected chi connectivity index (χ4v) is 5.35. The zero-order valence-corrected chi connectivity index (χ0v) is 41.4. The van der Waals surface area contributed by atoms with Crippen LogP contribution in [-0.4, -0.2) is 75.4 Å². The Hall–Kier alpha value is -4.42. The van der Waals surface area contributed by atoms with Crippen molar-refractivity contribution >= 4 is 82.9 Å². The molecular weight excluding hydrogens is 853 g/mol. The van der Waals surface area contributed by atoms with E-state index in [0.29, 0.717) is 39.8 Å². The number of halogens is 3. The largest absolute Gasteiger partial charge is 0.489 e. The van der Waals surface area contributed by atoms with Gasteiger partial charge in [0, 0.05) is 0 Å². The maximum Gasteiger partial charge on any atom is 0.489 e. The summed E-state index contributed by atoms with van der Waals surface area (Å²) >= 11 is 16.9. The first-order valence-electron chi connectivity index (χ1n) is 19.3. The molecule has 5 rings (SSSR count). The molecule has 0 atom stereocenters. The number of hydrogen-bond acceptors (Lipinski definition) is 16. The van der Waals surface area contributed by atoms with E-state index in [4.69, 9.17) is 77.1 Å². The van der Waals surface area contributed by atoms with Gasteiger partial charge in [0.15, 0.2) is 15.5 Å². The lowest BCUT2D eigenvalue weighted by Gasteiger charge is -2.32. The van der Waals surface area contributed by atoms with Crippen LogP contribution in [0.4, 0.5) is 22.7 Å². The van der Waals surface area contributed by atoms with Gasteiger partial charge in [-0.05, 0) is 114 Å². The Morgan fingerprint density at radius 2 is 0.887 bits per heavy atom. The highest BCUT2D eigenvalue weighted by atomic mass is 35.5. The van der Waals surface area contributed by atoms with E-state index in [1.54, 1.807) is 13.8 Å². The van der Waals surface area contributed by atoms with Gasteiger partial charge in [-0.1, -0.05) is 67.3 Å². The lowest BCUT2D eigenvalue weighted by molar-refractivity contribution is 0.00578. The van der Waals surface area contributed by atoms with Gasteiger partial charge in [0.2, 0.25) is 0 Å². The fourth-order valence-electron chi connectivity index (χ4n) is 4.67. The van der Waals surface area contributed by atoms with Gasteiger partial charge in [0.05, 0.1) is 56.7 Å². The minimum Gasteiger partial charge on any atom is -0.427 e. The second kappa shape index (κ2) is 25.0. The SMILES string of the molecule is C=C(C)B1OC(C)(C)C(C)(C)O1.C=C(C)c1nc(C)nc(C)c1N.C=C(C)c1nc(C)nc(Cl)c1N.CB(O)O.Cc1nc(C)c(N)c(C(C)C)n1.Cc1nc(Cl)c(N)c(Cl)n1. The van der Waals surface area contributed by atoms with E-state index in [9.17, 15) is 0 Å². The molecule has 1 fully saturated rings. The summed E-state index contributed by atoms with van der Waals surface area (Å²) < 4.78 is 11.4. The Balaban J connectivity index is 0.000000734. The van der Waals surface area contributed by atoms with Crippen LogP contribution in [0.1, 0.15) is 120 Å². The van der Waals surface area contributed by atoms with Crippen molar-refractivity contribution < 1.29 is 19.4 Å².